The van der Waals surface area contributed by atoms with E-state index in [-0.39, 0.29) is 5.41 Å². The molecule has 0 saturated heterocycles. The molecule has 94 valence electrons. The van der Waals surface area contributed by atoms with Gasteiger partial charge in [0.15, 0.2) is 0 Å². The average Bonchev–Trinajstić information content (AvgIpc) is 3.03. The van der Waals surface area contributed by atoms with Crippen LogP contribution in [0.4, 0.5) is 0 Å². The third-order valence-corrected chi connectivity index (χ3v) is 4.63. The lowest BCUT2D eigenvalue weighted by atomic mass is 10.0. The van der Waals surface area contributed by atoms with Crippen LogP contribution in [-0.4, -0.2) is 13.2 Å². The minimum absolute atomic E-state index is 0.275. The molecule has 0 radical (unpaired) electrons. The molecular formula is C12H14BrCl2NO. The van der Waals surface area contributed by atoms with Gasteiger partial charge in [0, 0.05) is 16.0 Å². The fourth-order valence-electron chi connectivity index (χ4n) is 1.80. The molecule has 2 rings (SSSR count). The molecule has 0 aliphatic heterocycles. The molecule has 1 aliphatic carbocycles. The van der Waals surface area contributed by atoms with Crippen LogP contribution in [0.15, 0.2) is 16.6 Å². The molecule has 0 unspecified atom stereocenters. The summed E-state index contributed by atoms with van der Waals surface area (Å²) in [6.45, 7) is 1.38. The van der Waals surface area contributed by atoms with Crippen molar-refractivity contribution >= 4 is 39.1 Å². The number of ether oxygens (including phenoxy) is 1. The second kappa shape index (κ2) is 5.35. The van der Waals surface area contributed by atoms with Crippen molar-refractivity contribution in [1.82, 2.24) is 0 Å². The Bertz CT molecular complexity index is 421. The molecule has 0 bridgehead atoms. The molecule has 2 N–H and O–H groups in total. The van der Waals surface area contributed by atoms with Gasteiger partial charge in [0.2, 0.25) is 0 Å². The van der Waals surface area contributed by atoms with Gasteiger partial charge in [0.05, 0.1) is 16.7 Å². The van der Waals surface area contributed by atoms with E-state index in [0.717, 1.165) is 10.9 Å². The molecular weight excluding hydrogens is 325 g/mol. The van der Waals surface area contributed by atoms with Gasteiger partial charge in [-0.15, -0.1) is 0 Å². The zero-order valence-electron chi connectivity index (χ0n) is 9.31. The molecule has 0 spiro atoms. The highest BCUT2D eigenvalue weighted by atomic mass is 79.9. The number of nitrogens with two attached hydrogens (primary N) is 1. The first-order valence-corrected chi connectivity index (χ1v) is 7.09. The van der Waals surface area contributed by atoms with Crippen LogP contribution in [0.3, 0.4) is 0 Å². The first kappa shape index (κ1) is 13.5. The monoisotopic (exact) mass is 337 g/mol. The van der Waals surface area contributed by atoms with Crippen LogP contribution in [0.2, 0.25) is 10.0 Å². The average molecular weight is 339 g/mol. The van der Waals surface area contributed by atoms with Gasteiger partial charge in [-0.2, -0.15) is 0 Å². The smallest absolute Gasteiger partial charge is 0.139 e. The lowest BCUT2D eigenvalue weighted by Crippen LogP contribution is -2.17. The molecule has 2 nitrogen and oxygen atoms in total. The maximum absolute atomic E-state index is 6.09. The second-order valence-electron chi connectivity index (χ2n) is 4.52. The maximum Gasteiger partial charge on any atom is 0.139 e. The Balaban J connectivity index is 2.02. The van der Waals surface area contributed by atoms with Crippen molar-refractivity contribution in [3.05, 3.63) is 26.7 Å². The van der Waals surface area contributed by atoms with Gasteiger partial charge in [-0.3, -0.25) is 0 Å². The highest BCUT2D eigenvalue weighted by Crippen LogP contribution is 2.49. The predicted molar refractivity (Wildman–Crippen MR) is 75.0 cm³/mol. The second-order valence-corrected chi connectivity index (χ2v) is 6.19. The molecule has 0 atom stereocenters. The lowest BCUT2D eigenvalue weighted by Gasteiger charge is -2.16. The molecule has 0 aromatic heterocycles. The fourth-order valence-corrected chi connectivity index (χ4v) is 2.64. The van der Waals surface area contributed by atoms with Crippen LogP contribution >= 0.6 is 39.1 Å². The van der Waals surface area contributed by atoms with Gasteiger partial charge in [0.25, 0.3) is 0 Å². The summed E-state index contributed by atoms with van der Waals surface area (Å²) in [6.07, 6.45) is 3.38. The van der Waals surface area contributed by atoms with Crippen molar-refractivity contribution in [3.8, 4) is 5.75 Å². The van der Waals surface area contributed by atoms with E-state index >= 15 is 0 Å². The third-order valence-electron chi connectivity index (χ3n) is 3.14. The van der Waals surface area contributed by atoms with Crippen molar-refractivity contribution in [2.75, 3.05) is 13.2 Å². The van der Waals surface area contributed by atoms with Crippen LogP contribution in [-0.2, 0) is 0 Å². The van der Waals surface area contributed by atoms with Crippen LogP contribution in [0, 0.1) is 5.41 Å². The first-order chi connectivity index (χ1) is 8.06. The van der Waals surface area contributed by atoms with Crippen LogP contribution < -0.4 is 10.5 Å². The topological polar surface area (TPSA) is 35.2 Å². The summed E-state index contributed by atoms with van der Waals surface area (Å²) in [5, 5.41) is 1.18. The number of rotatable bonds is 5. The van der Waals surface area contributed by atoms with Crippen LogP contribution in [0.25, 0.3) is 0 Å². The van der Waals surface area contributed by atoms with Crippen molar-refractivity contribution in [3.63, 3.8) is 0 Å². The number of hydrogen-bond acceptors (Lipinski definition) is 2. The predicted octanol–water partition coefficient (Wildman–Crippen LogP) is 4.26. The molecule has 1 saturated carbocycles. The van der Waals surface area contributed by atoms with Gasteiger partial charge in [-0.25, -0.2) is 0 Å². The Morgan fingerprint density at radius 3 is 2.59 bits per heavy atom. The molecule has 0 amide bonds. The quantitative estimate of drug-likeness (QED) is 0.814. The van der Waals surface area contributed by atoms with E-state index < -0.39 is 0 Å². The van der Waals surface area contributed by atoms with Crippen molar-refractivity contribution in [2.24, 2.45) is 11.1 Å². The Hall–Kier alpha value is 0.0400. The summed E-state index contributed by atoms with van der Waals surface area (Å²) in [4.78, 5) is 0. The SMILES string of the molecule is NCCC1(COc2cc(Cl)c(Br)cc2Cl)CC1. The zero-order chi connectivity index (χ0) is 12.5. The van der Waals surface area contributed by atoms with E-state index in [1.807, 2.05) is 0 Å². The van der Waals surface area contributed by atoms with Crippen molar-refractivity contribution < 1.29 is 4.74 Å². The fraction of sp³-hybridized carbons (Fsp3) is 0.500. The first-order valence-electron chi connectivity index (χ1n) is 5.54. The molecule has 1 aliphatic rings. The summed E-state index contributed by atoms with van der Waals surface area (Å²) in [5.41, 5.74) is 5.86. The highest BCUT2D eigenvalue weighted by molar-refractivity contribution is 9.10. The zero-order valence-corrected chi connectivity index (χ0v) is 12.4. The van der Waals surface area contributed by atoms with E-state index in [1.54, 1.807) is 12.1 Å². The number of benzene rings is 1. The van der Waals surface area contributed by atoms with Crippen molar-refractivity contribution in [1.29, 1.82) is 0 Å². The van der Waals surface area contributed by atoms with Crippen molar-refractivity contribution in [2.45, 2.75) is 19.3 Å². The normalized spacial score (nSPS) is 16.9. The van der Waals surface area contributed by atoms with Gasteiger partial charge in [0.1, 0.15) is 5.75 Å². The third kappa shape index (κ3) is 3.28. The van der Waals surface area contributed by atoms with E-state index in [1.165, 1.54) is 12.8 Å². The van der Waals surface area contributed by atoms with Gasteiger partial charge < -0.3 is 10.5 Å². The molecule has 1 aromatic rings. The molecule has 0 heterocycles. The Morgan fingerprint density at radius 1 is 1.29 bits per heavy atom. The van der Waals surface area contributed by atoms with Gasteiger partial charge in [-0.05, 0) is 47.8 Å². The van der Waals surface area contributed by atoms with Gasteiger partial charge >= 0.3 is 0 Å². The van der Waals surface area contributed by atoms with Crippen LogP contribution in [0.1, 0.15) is 19.3 Å². The summed E-state index contributed by atoms with van der Waals surface area (Å²) >= 11 is 15.4. The highest BCUT2D eigenvalue weighted by Gasteiger charge is 2.42. The molecule has 17 heavy (non-hydrogen) atoms. The minimum Gasteiger partial charge on any atom is -0.491 e. The summed E-state index contributed by atoms with van der Waals surface area (Å²) < 4.78 is 6.54. The summed E-state index contributed by atoms with van der Waals surface area (Å²) in [5.74, 6) is 0.642. The summed E-state index contributed by atoms with van der Waals surface area (Å²) in [7, 11) is 0. The summed E-state index contributed by atoms with van der Waals surface area (Å²) in [6, 6.07) is 3.49. The number of halogens is 3. The Labute approximate surface area is 120 Å². The Kier molecular flexibility index (Phi) is 4.24. The van der Waals surface area contributed by atoms with E-state index in [2.05, 4.69) is 15.9 Å². The van der Waals surface area contributed by atoms with Crippen LogP contribution in [0.5, 0.6) is 5.75 Å². The van der Waals surface area contributed by atoms with E-state index in [0.29, 0.717) is 28.9 Å². The number of hydrogen-bond donors (Lipinski definition) is 1. The van der Waals surface area contributed by atoms with E-state index in [9.17, 15) is 0 Å². The van der Waals surface area contributed by atoms with Gasteiger partial charge in [-0.1, -0.05) is 23.2 Å². The molecule has 5 heteroatoms. The standard InChI is InChI=1S/C12H14BrCl2NO/c13-8-5-10(15)11(6-9(8)14)17-7-12(1-2-12)3-4-16/h5-6H,1-4,7,16H2. The maximum atomic E-state index is 6.09. The van der Waals surface area contributed by atoms with E-state index in [4.69, 9.17) is 33.7 Å². The molecule has 1 aromatic carbocycles. The minimum atomic E-state index is 0.275. The lowest BCUT2D eigenvalue weighted by molar-refractivity contribution is 0.227. The molecule has 1 fully saturated rings. The largest absolute Gasteiger partial charge is 0.491 e. The Morgan fingerprint density at radius 2 is 2.00 bits per heavy atom.